The standard InChI is InChI=1S/C24H27N3O/c1-18-9-11-22-16-19(17-25-24(22)26-18)10-12-23(28)27-14-5-8-21(13-15-27)20-6-3-2-4-7-20/h2-4,6-7,10,12,16-17,21H,1,5,8-9,11,13-15H2,(H,25,26)/b12-10+. The molecule has 2 aliphatic rings. The van der Waals surface area contributed by atoms with Gasteiger partial charge in [0, 0.05) is 31.1 Å². The molecule has 3 heterocycles. The quantitative estimate of drug-likeness (QED) is 0.789. The third-order valence-electron chi connectivity index (χ3n) is 5.71. The molecule has 28 heavy (non-hydrogen) atoms. The topological polar surface area (TPSA) is 45.2 Å². The number of hydrogen-bond donors (Lipinski definition) is 1. The summed E-state index contributed by atoms with van der Waals surface area (Å²) in [5.74, 6) is 1.53. The Morgan fingerprint density at radius 2 is 2.04 bits per heavy atom. The highest BCUT2D eigenvalue weighted by Crippen LogP contribution is 2.28. The number of anilines is 1. The van der Waals surface area contributed by atoms with Gasteiger partial charge in [-0.3, -0.25) is 4.79 Å². The van der Waals surface area contributed by atoms with Gasteiger partial charge in [0.05, 0.1) is 0 Å². The van der Waals surface area contributed by atoms with E-state index in [0.29, 0.717) is 5.92 Å². The molecule has 1 saturated heterocycles. The lowest BCUT2D eigenvalue weighted by molar-refractivity contribution is -0.125. The Morgan fingerprint density at radius 3 is 2.89 bits per heavy atom. The Labute approximate surface area is 167 Å². The van der Waals surface area contributed by atoms with Gasteiger partial charge in [-0.2, -0.15) is 0 Å². The van der Waals surface area contributed by atoms with Gasteiger partial charge in [0.15, 0.2) is 0 Å². The predicted octanol–water partition coefficient (Wildman–Crippen LogP) is 4.76. The summed E-state index contributed by atoms with van der Waals surface area (Å²) in [6.07, 6.45) is 10.5. The number of aryl methyl sites for hydroxylation is 1. The number of aromatic nitrogens is 1. The van der Waals surface area contributed by atoms with E-state index in [1.165, 1.54) is 11.1 Å². The highest BCUT2D eigenvalue weighted by molar-refractivity contribution is 5.91. The number of amides is 1. The lowest BCUT2D eigenvalue weighted by atomic mass is 9.92. The maximum Gasteiger partial charge on any atom is 0.246 e. The highest BCUT2D eigenvalue weighted by Gasteiger charge is 2.20. The van der Waals surface area contributed by atoms with Crippen LogP contribution in [0.25, 0.3) is 6.08 Å². The summed E-state index contributed by atoms with van der Waals surface area (Å²) < 4.78 is 0. The molecular weight excluding hydrogens is 346 g/mol. The van der Waals surface area contributed by atoms with Gasteiger partial charge in [-0.05, 0) is 66.9 Å². The SMILES string of the molecule is C=C1CCc2cc(/C=C/C(=O)N3CCCC(c4ccccc4)CC3)cnc2N1. The lowest BCUT2D eigenvalue weighted by Crippen LogP contribution is -2.30. The summed E-state index contributed by atoms with van der Waals surface area (Å²) in [6.45, 7) is 5.61. The van der Waals surface area contributed by atoms with E-state index in [4.69, 9.17) is 0 Å². The molecule has 1 aromatic carbocycles. The molecule has 0 spiro atoms. The Kier molecular flexibility index (Phi) is 5.56. The first-order valence-corrected chi connectivity index (χ1v) is 10.1. The van der Waals surface area contributed by atoms with E-state index >= 15 is 0 Å². The van der Waals surface area contributed by atoms with Gasteiger partial charge >= 0.3 is 0 Å². The monoisotopic (exact) mass is 373 g/mol. The predicted molar refractivity (Wildman–Crippen MR) is 114 cm³/mol. The smallest absolute Gasteiger partial charge is 0.246 e. The summed E-state index contributed by atoms with van der Waals surface area (Å²) in [4.78, 5) is 19.1. The van der Waals surface area contributed by atoms with E-state index in [0.717, 1.165) is 62.3 Å². The van der Waals surface area contributed by atoms with Gasteiger partial charge in [0.1, 0.15) is 5.82 Å². The van der Waals surface area contributed by atoms with Gasteiger partial charge in [0.25, 0.3) is 0 Å². The molecule has 0 bridgehead atoms. The zero-order valence-corrected chi connectivity index (χ0v) is 16.2. The van der Waals surface area contributed by atoms with Crippen LogP contribution >= 0.6 is 0 Å². The molecule has 1 unspecified atom stereocenters. The van der Waals surface area contributed by atoms with Gasteiger partial charge in [0.2, 0.25) is 5.91 Å². The molecular formula is C24H27N3O. The van der Waals surface area contributed by atoms with Gasteiger partial charge in [-0.1, -0.05) is 36.9 Å². The van der Waals surface area contributed by atoms with Crippen LogP contribution in [0.5, 0.6) is 0 Å². The van der Waals surface area contributed by atoms with Crippen LogP contribution in [-0.4, -0.2) is 28.9 Å². The zero-order valence-electron chi connectivity index (χ0n) is 16.2. The van der Waals surface area contributed by atoms with Crippen molar-refractivity contribution in [2.75, 3.05) is 18.4 Å². The lowest BCUT2D eigenvalue weighted by Gasteiger charge is -2.19. The van der Waals surface area contributed by atoms with Crippen molar-refractivity contribution in [3.8, 4) is 0 Å². The van der Waals surface area contributed by atoms with E-state index in [2.05, 4.69) is 53.3 Å². The summed E-state index contributed by atoms with van der Waals surface area (Å²) >= 11 is 0. The van der Waals surface area contributed by atoms with Gasteiger partial charge < -0.3 is 10.2 Å². The Morgan fingerprint density at radius 1 is 1.18 bits per heavy atom. The molecule has 1 fully saturated rings. The molecule has 0 radical (unpaired) electrons. The number of nitrogens with zero attached hydrogens (tertiary/aromatic N) is 2. The van der Waals surface area contributed by atoms with Crippen LogP contribution in [0, 0.1) is 0 Å². The van der Waals surface area contributed by atoms with Crippen molar-refractivity contribution >= 4 is 17.8 Å². The fraction of sp³-hybridized carbons (Fsp3) is 0.333. The van der Waals surface area contributed by atoms with E-state index in [1.807, 2.05) is 17.2 Å². The molecule has 4 rings (SSSR count). The van der Waals surface area contributed by atoms with Crippen molar-refractivity contribution in [3.05, 3.63) is 77.6 Å². The second-order valence-corrected chi connectivity index (χ2v) is 7.70. The minimum absolute atomic E-state index is 0.0953. The number of pyridine rings is 1. The first-order valence-electron chi connectivity index (χ1n) is 10.1. The summed E-state index contributed by atoms with van der Waals surface area (Å²) in [6, 6.07) is 12.8. The second-order valence-electron chi connectivity index (χ2n) is 7.70. The van der Waals surface area contributed by atoms with Crippen LogP contribution in [0.2, 0.25) is 0 Å². The molecule has 1 aromatic heterocycles. The number of hydrogen-bond acceptors (Lipinski definition) is 3. The van der Waals surface area contributed by atoms with Crippen molar-refractivity contribution in [1.29, 1.82) is 0 Å². The van der Waals surface area contributed by atoms with Crippen LogP contribution in [-0.2, 0) is 11.2 Å². The Bertz CT molecular complexity index is 888. The highest BCUT2D eigenvalue weighted by atomic mass is 16.2. The van der Waals surface area contributed by atoms with Gasteiger partial charge in [-0.25, -0.2) is 4.98 Å². The molecule has 4 nitrogen and oxygen atoms in total. The number of nitrogens with one attached hydrogen (secondary N) is 1. The van der Waals surface area contributed by atoms with E-state index < -0.39 is 0 Å². The number of carbonyl (C=O) groups excluding carboxylic acids is 1. The maximum atomic E-state index is 12.7. The first-order chi connectivity index (χ1) is 13.7. The Hall–Kier alpha value is -2.88. The molecule has 1 N–H and O–H groups in total. The largest absolute Gasteiger partial charge is 0.344 e. The first kappa shape index (κ1) is 18.5. The van der Waals surface area contributed by atoms with Crippen LogP contribution < -0.4 is 5.32 Å². The third kappa shape index (κ3) is 4.33. The average molecular weight is 374 g/mol. The van der Waals surface area contributed by atoms with Crippen LogP contribution in [0.15, 0.2) is 60.9 Å². The maximum absolute atomic E-state index is 12.7. The van der Waals surface area contributed by atoms with E-state index in [-0.39, 0.29) is 5.91 Å². The van der Waals surface area contributed by atoms with Crippen molar-refractivity contribution in [3.63, 3.8) is 0 Å². The average Bonchev–Trinajstić information content (AvgIpc) is 2.99. The van der Waals surface area contributed by atoms with Crippen molar-refractivity contribution < 1.29 is 4.79 Å². The van der Waals surface area contributed by atoms with Crippen LogP contribution in [0.4, 0.5) is 5.82 Å². The molecule has 2 aliphatic heterocycles. The zero-order chi connectivity index (χ0) is 19.3. The molecule has 2 aromatic rings. The second kappa shape index (κ2) is 8.42. The fourth-order valence-electron chi connectivity index (χ4n) is 4.09. The molecule has 4 heteroatoms. The summed E-state index contributed by atoms with van der Waals surface area (Å²) in [5, 5.41) is 3.22. The van der Waals surface area contributed by atoms with Crippen LogP contribution in [0.1, 0.15) is 48.3 Å². The molecule has 0 saturated carbocycles. The number of carbonyl (C=O) groups is 1. The van der Waals surface area contributed by atoms with Gasteiger partial charge in [-0.15, -0.1) is 0 Å². The number of rotatable bonds is 3. The number of benzene rings is 1. The molecule has 1 amide bonds. The number of fused-ring (bicyclic) bond motifs is 1. The Balaban J connectivity index is 1.38. The molecule has 1 atom stereocenters. The van der Waals surface area contributed by atoms with Crippen molar-refractivity contribution in [2.24, 2.45) is 0 Å². The molecule has 144 valence electrons. The van der Waals surface area contributed by atoms with Crippen LogP contribution in [0.3, 0.4) is 0 Å². The van der Waals surface area contributed by atoms with Crippen molar-refractivity contribution in [1.82, 2.24) is 9.88 Å². The van der Waals surface area contributed by atoms with Crippen molar-refractivity contribution in [2.45, 2.75) is 38.0 Å². The summed E-state index contributed by atoms with van der Waals surface area (Å²) in [5.41, 5.74) is 4.55. The molecule has 0 aliphatic carbocycles. The van der Waals surface area contributed by atoms with E-state index in [1.54, 1.807) is 6.08 Å². The third-order valence-corrected chi connectivity index (χ3v) is 5.71. The summed E-state index contributed by atoms with van der Waals surface area (Å²) in [7, 11) is 0. The number of likely N-dealkylation sites (tertiary alicyclic amines) is 1. The minimum atomic E-state index is 0.0953. The number of allylic oxidation sites excluding steroid dienone is 1. The fourth-order valence-corrected chi connectivity index (χ4v) is 4.09. The normalized spacial score (nSPS) is 19.8. The minimum Gasteiger partial charge on any atom is -0.344 e. The van der Waals surface area contributed by atoms with E-state index in [9.17, 15) is 4.79 Å².